The number of rotatable bonds is 5. The lowest BCUT2D eigenvalue weighted by Gasteiger charge is -2.41. The molecule has 1 unspecified atom stereocenters. The van der Waals surface area contributed by atoms with E-state index in [9.17, 15) is 9.59 Å². The van der Waals surface area contributed by atoms with E-state index in [1.165, 1.54) is 12.8 Å². The summed E-state index contributed by atoms with van der Waals surface area (Å²) in [5, 5.41) is 2.86. The number of carbonyl (C=O) groups excluding carboxylic acids is 2. The molecular weight excluding hydrogens is 292 g/mol. The Bertz CT molecular complexity index is 401. The third-order valence-corrected chi connectivity index (χ3v) is 5.27. The Morgan fingerprint density at radius 3 is 2.26 bits per heavy atom. The molecule has 1 aliphatic heterocycles. The topological polar surface area (TPSA) is 55.9 Å². The van der Waals surface area contributed by atoms with Crippen molar-refractivity contribution in [2.24, 2.45) is 5.92 Å². The van der Waals surface area contributed by atoms with Crippen LogP contribution in [0.1, 0.15) is 39.5 Å². The van der Waals surface area contributed by atoms with Crippen LogP contribution in [-0.4, -0.2) is 79.0 Å². The molecule has 0 aromatic rings. The molecule has 0 radical (unpaired) electrons. The van der Waals surface area contributed by atoms with Gasteiger partial charge in [-0.1, -0.05) is 12.8 Å². The van der Waals surface area contributed by atoms with Crippen molar-refractivity contribution in [1.29, 1.82) is 0 Å². The summed E-state index contributed by atoms with van der Waals surface area (Å²) in [6.45, 7) is 8.37. The molecule has 1 saturated heterocycles. The van der Waals surface area contributed by atoms with Crippen molar-refractivity contribution in [3.8, 4) is 0 Å². The summed E-state index contributed by atoms with van der Waals surface area (Å²) in [7, 11) is 1.90. The summed E-state index contributed by atoms with van der Waals surface area (Å²) in [5.74, 6) is 0.735. The Hall–Kier alpha value is -1.30. The minimum absolute atomic E-state index is 0.00108. The lowest BCUT2D eigenvalue weighted by Crippen LogP contribution is -2.59. The first kappa shape index (κ1) is 18.0. The van der Waals surface area contributed by atoms with Gasteiger partial charge in [0.25, 0.3) is 0 Å². The van der Waals surface area contributed by atoms with Gasteiger partial charge in [0.1, 0.15) is 0 Å². The molecule has 1 atom stereocenters. The molecule has 2 rings (SSSR count). The quantitative estimate of drug-likeness (QED) is 0.831. The molecule has 0 bridgehead atoms. The molecule has 0 aromatic heterocycles. The van der Waals surface area contributed by atoms with Gasteiger partial charge in [0.05, 0.1) is 6.04 Å². The molecule has 6 heteroatoms. The van der Waals surface area contributed by atoms with E-state index in [4.69, 9.17) is 0 Å². The van der Waals surface area contributed by atoms with Crippen molar-refractivity contribution in [3.63, 3.8) is 0 Å². The maximum Gasteiger partial charge on any atom is 0.317 e. The van der Waals surface area contributed by atoms with E-state index in [1.54, 1.807) is 0 Å². The monoisotopic (exact) mass is 324 g/mol. The minimum atomic E-state index is -0.00108. The van der Waals surface area contributed by atoms with E-state index in [-0.39, 0.29) is 18.0 Å². The number of nitrogens with zero attached hydrogens (tertiary/aromatic N) is 3. The zero-order valence-electron chi connectivity index (χ0n) is 14.9. The molecule has 1 aliphatic carbocycles. The van der Waals surface area contributed by atoms with E-state index >= 15 is 0 Å². The molecule has 2 aliphatic rings. The largest absolute Gasteiger partial charge is 0.345 e. The SMILES string of the molecule is CCNC(=O)N1CCN(C(C(=O)N(C)CC)C2CCCC2)CC1. The van der Waals surface area contributed by atoms with Gasteiger partial charge in [-0.2, -0.15) is 0 Å². The number of carbonyl (C=O) groups is 2. The van der Waals surface area contributed by atoms with Crippen molar-refractivity contribution in [3.05, 3.63) is 0 Å². The highest BCUT2D eigenvalue weighted by molar-refractivity contribution is 5.82. The van der Waals surface area contributed by atoms with Gasteiger partial charge >= 0.3 is 6.03 Å². The number of urea groups is 1. The van der Waals surface area contributed by atoms with Gasteiger partial charge in [-0.25, -0.2) is 4.79 Å². The third-order valence-electron chi connectivity index (χ3n) is 5.27. The van der Waals surface area contributed by atoms with Crippen molar-refractivity contribution in [2.75, 3.05) is 46.3 Å². The highest BCUT2D eigenvalue weighted by Crippen LogP contribution is 2.31. The number of amides is 3. The van der Waals surface area contributed by atoms with Gasteiger partial charge in [0.2, 0.25) is 5.91 Å². The van der Waals surface area contributed by atoms with E-state index in [0.29, 0.717) is 25.6 Å². The Balaban J connectivity index is 2.00. The fraction of sp³-hybridized carbons (Fsp3) is 0.882. The fourth-order valence-electron chi connectivity index (χ4n) is 3.78. The van der Waals surface area contributed by atoms with Crippen LogP contribution in [0.15, 0.2) is 0 Å². The zero-order chi connectivity index (χ0) is 16.8. The predicted molar refractivity (Wildman–Crippen MR) is 91.3 cm³/mol. The molecule has 3 amide bonds. The highest BCUT2D eigenvalue weighted by Gasteiger charge is 2.38. The second-order valence-corrected chi connectivity index (χ2v) is 6.70. The average Bonchev–Trinajstić information content (AvgIpc) is 3.09. The lowest BCUT2D eigenvalue weighted by atomic mass is 9.94. The molecule has 1 saturated carbocycles. The lowest BCUT2D eigenvalue weighted by molar-refractivity contribution is -0.138. The van der Waals surface area contributed by atoms with Crippen LogP contribution in [0.5, 0.6) is 0 Å². The molecule has 6 nitrogen and oxygen atoms in total. The second kappa shape index (κ2) is 8.52. The van der Waals surface area contributed by atoms with Crippen LogP contribution in [0.2, 0.25) is 0 Å². The van der Waals surface area contributed by atoms with Crippen LogP contribution in [0, 0.1) is 5.92 Å². The molecule has 0 aromatic carbocycles. The van der Waals surface area contributed by atoms with Gasteiger partial charge in [0, 0.05) is 46.3 Å². The summed E-state index contributed by atoms with van der Waals surface area (Å²) >= 11 is 0. The summed E-state index contributed by atoms with van der Waals surface area (Å²) in [5.41, 5.74) is 0. The highest BCUT2D eigenvalue weighted by atomic mass is 16.2. The van der Waals surface area contributed by atoms with Crippen molar-refractivity contribution >= 4 is 11.9 Å². The molecule has 23 heavy (non-hydrogen) atoms. The summed E-state index contributed by atoms with van der Waals surface area (Å²) in [6.07, 6.45) is 4.79. The normalized spacial score (nSPS) is 21.3. The van der Waals surface area contributed by atoms with Crippen LogP contribution in [0.3, 0.4) is 0 Å². The summed E-state index contributed by atoms with van der Waals surface area (Å²) < 4.78 is 0. The average molecular weight is 324 g/mol. The van der Waals surface area contributed by atoms with Crippen LogP contribution in [0.4, 0.5) is 4.79 Å². The zero-order valence-corrected chi connectivity index (χ0v) is 14.9. The number of likely N-dealkylation sites (N-methyl/N-ethyl adjacent to an activating group) is 1. The van der Waals surface area contributed by atoms with Gasteiger partial charge in [-0.3, -0.25) is 9.69 Å². The van der Waals surface area contributed by atoms with Crippen molar-refractivity contribution < 1.29 is 9.59 Å². The second-order valence-electron chi connectivity index (χ2n) is 6.70. The smallest absolute Gasteiger partial charge is 0.317 e. The summed E-state index contributed by atoms with van der Waals surface area (Å²) in [6, 6.07) is 0.0143. The number of piperazine rings is 1. The number of hydrogen-bond acceptors (Lipinski definition) is 3. The standard InChI is InChI=1S/C17H32N4O2/c1-4-18-17(23)21-12-10-20(11-13-21)15(14-8-6-7-9-14)16(22)19(3)5-2/h14-15H,4-13H2,1-3H3,(H,18,23). The first-order valence-electron chi connectivity index (χ1n) is 9.10. The maximum atomic E-state index is 12.9. The first-order valence-corrected chi connectivity index (χ1v) is 9.10. The minimum Gasteiger partial charge on any atom is -0.345 e. The van der Waals surface area contributed by atoms with Gasteiger partial charge in [-0.05, 0) is 32.6 Å². The Morgan fingerprint density at radius 1 is 1.13 bits per heavy atom. The third kappa shape index (κ3) is 4.37. The molecule has 1 heterocycles. The number of hydrogen-bond donors (Lipinski definition) is 1. The molecule has 2 fully saturated rings. The summed E-state index contributed by atoms with van der Waals surface area (Å²) in [4.78, 5) is 30.8. The maximum absolute atomic E-state index is 12.9. The van der Waals surface area contributed by atoms with Crippen molar-refractivity contribution in [1.82, 2.24) is 20.0 Å². The van der Waals surface area contributed by atoms with Crippen molar-refractivity contribution in [2.45, 2.75) is 45.6 Å². The fourth-order valence-corrected chi connectivity index (χ4v) is 3.78. The van der Waals surface area contributed by atoms with Crippen LogP contribution in [0.25, 0.3) is 0 Å². The molecule has 0 spiro atoms. The Labute approximate surface area is 140 Å². The van der Waals surface area contributed by atoms with E-state index in [0.717, 1.165) is 32.5 Å². The number of nitrogens with one attached hydrogen (secondary N) is 1. The van der Waals surface area contributed by atoms with Gasteiger partial charge in [0.15, 0.2) is 0 Å². The molecular formula is C17H32N4O2. The Kier molecular flexibility index (Phi) is 6.69. The van der Waals surface area contributed by atoms with Crippen LogP contribution in [-0.2, 0) is 4.79 Å². The van der Waals surface area contributed by atoms with E-state index in [1.807, 2.05) is 30.7 Å². The van der Waals surface area contributed by atoms with Crippen LogP contribution < -0.4 is 5.32 Å². The molecule has 132 valence electrons. The van der Waals surface area contributed by atoms with Gasteiger partial charge in [-0.15, -0.1) is 0 Å². The van der Waals surface area contributed by atoms with E-state index in [2.05, 4.69) is 10.2 Å². The van der Waals surface area contributed by atoms with Gasteiger partial charge < -0.3 is 15.1 Å². The Morgan fingerprint density at radius 2 is 1.74 bits per heavy atom. The van der Waals surface area contributed by atoms with Crippen LogP contribution >= 0.6 is 0 Å². The first-order chi connectivity index (χ1) is 11.1. The predicted octanol–water partition coefficient (Wildman–Crippen LogP) is 1.37. The molecule has 1 N–H and O–H groups in total. The van der Waals surface area contributed by atoms with E-state index < -0.39 is 0 Å².